The summed E-state index contributed by atoms with van der Waals surface area (Å²) in [6.45, 7) is 15.3. The molecule has 1 aliphatic carbocycles. The highest BCUT2D eigenvalue weighted by Crippen LogP contribution is 2.42. The number of carboxylic acid groups (broad SMARTS) is 1. The van der Waals surface area contributed by atoms with Gasteiger partial charge < -0.3 is 9.84 Å². The number of benzene rings is 2. The van der Waals surface area contributed by atoms with Crippen molar-refractivity contribution in [2.75, 3.05) is 13.1 Å². The van der Waals surface area contributed by atoms with Crippen LogP contribution >= 0.6 is 0 Å². The van der Waals surface area contributed by atoms with Crippen LogP contribution in [0.5, 0.6) is 0 Å². The lowest BCUT2D eigenvalue weighted by atomic mass is 9.80. The monoisotopic (exact) mass is 491 g/mol. The number of carbonyl (C=O) groups is 1. The Kier molecular flexibility index (Phi) is 8.26. The first-order valence-electron chi connectivity index (χ1n) is 13.9. The Balaban J connectivity index is 1.76. The van der Waals surface area contributed by atoms with E-state index in [2.05, 4.69) is 49.9 Å². The molecule has 0 amide bonds. The summed E-state index contributed by atoms with van der Waals surface area (Å²) < 4.78 is 6.21. The van der Waals surface area contributed by atoms with Gasteiger partial charge in [-0.25, -0.2) is 4.79 Å². The van der Waals surface area contributed by atoms with Crippen LogP contribution in [0.1, 0.15) is 98.8 Å². The second kappa shape index (κ2) is 11.1. The highest BCUT2D eigenvalue weighted by Gasteiger charge is 2.34. The van der Waals surface area contributed by atoms with E-state index in [1.54, 1.807) is 0 Å². The molecule has 2 aliphatic rings. The molecule has 0 unspecified atom stereocenters. The van der Waals surface area contributed by atoms with Gasteiger partial charge in [0.05, 0.1) is 5.60 Å². The molecule has 4 nitrogen and oxygen atoms in total. The number of hydrogen-bond donors (Lipinski definition) is 1. The molecular weight excluding hydrogens is 446 g/mol. The van der Waals surface area contributed by atoms with Crippen LogP contribution in [0.15, 0.2) is 24.3 Å². The minimum absolute atomic E-state index is 0.570. The molecule has 4 heteroatoms. The normalized spacial score (nSPS) is 18.2. The van der Waals surface area contributed by atoms with Gasteiger partial charge >= 0.3 is 5.97 Å². The predicted octanol–water partition coefficient (Wildman–Crippen LogP) is 7.55. The van der Waals surface area contributed by atoms with Crippen LogP contribution in [0.3, 0.4) is 0 Å². The molecule has 1 aliphatic heterocycles. The molecule has 2 aromatic rings. The van der Waals surface area contributed by atoms with E-state index in [1.807, 2.05) is 20.8 Å². The largest absolute Gasteiger partial charge is 0.479 e. The number of carboxylic acids is 1. The van der Waals surface area contributed by atoms with E-state index in [4.69, 9.17) is 4.74 Å². The van der Waals surface area contributed by atoms with Crippen LogP contribution in [0, 0.1) is 26.7 Å². The Labute approximate surface area is 218 Å². The van der Waals surface area contributed by atoms with E-state index >= 15 is 0 Å². The first kappa shape index (κ1) is 26.9. The van der Waals surface area contributed by atoms with E-state index in [0.29, 0.717) is 0 Å². The molecule has 1 heterocycles. The first-order chi connectivity index (χ1) is 17.0. The third kappa shape index (κ3) is 6.03. The number of ether oxygens (including phenoxy) is 1. The summed E-state index contributed by atoms with van der Waals surface area (Å²) in [4.78, 5) is 15.2. The maximum atomic E-state index is 12.6. The Morgan fingerprint density at radius 3 is 2.31 bits per heavy atom. The summed E-state index contributed by atoms with van der Waals surface area (Å²) in [6, 6.07) is 8.49. The Hall–Kier alpha value is -2.17. The van der Waals surface area contributed by atoms with Crippen molar-refractivity contribution in [3.63, 3.8) is 0 Å². The molecule has 1 saturated carbocycles. The molecule has 1 fully saturated rings. The van der Waals surface area contributed by atoms with E-state index in [0.717, 1.165) is 54.2 Å². The number of fused-ring (bicyclic) bond motifs is 1. The smallest absolute Gasteiger partial charge is 0.337 e. The fourth-order valence-electron chi connectivity index (χ4n) is 6.32. The van der Waals surface area contributed by atoms with Gasteiger partial charge in [-0.3, -0.25) is 4.90 Å². The van der Waals surface area contributed by atoms with Gasteiger partial charge in [-0.1, -0.05) is 61.9 Å². The third-order valence-electron chi connectivity index (χ3n) is 8.25. The molecule has 0 radical (unpaired) electrons. The van der Waals surface area contributed by atoms with Crippen molar-refractivity contribution in [3.05, 3.63) is 57.6 Å². The van der Waals surface area contributed by atoms with Crippen LogP contribution in [0.4, 0.5) is 0 Å². The molecule has 2 aromatic carbocycles. The Morgan fingerprint density at radius 1 is 1.03 bits per heavy atom. The van der Waals surface area contributed by atoms with E-state index in [-0.39, 0.29) is 0 Å². The number of rotatable bonds is 7. The second-order valence-electron chi connectivity index (χ2n) is 12.1. The summed E-state index contributed by atoms with van der Waals surface area (Å²) in [5, 5.41) is 10.3. The van der Waals surface area contributed by atoms with E-state index in [9.17, 15) is 9.90 Å². The van der Waals surface area contributed by atoms with Crippen molar-refractivity contribution in [3.8, 4) is 11.1 Å². The molecule has 0 spiro atoms. The fraction of sp³-hybridized carbons (Fsp3) is 0.594. The zero-order valence-corrected chi connectivity index (χ0v) is 23.2. The maximum absolute atomic E-state index is 12.6. The van der Waals surface area contributed by atoms with Crippen molar-refractivity contribution in [1.29, 1.82) is 0 Å². The molecule has 1 atom stereocenters. The van der Waals surface area contributed by atoms with Crippen molar-refractivity contribution in [1.82, 2.24) is 4.90 Å². The quantitative estimate of drug-likeness (QED) is 0.434. The van der Waals surface area contributed by atoms with Gasteiger partial charge in [0.2, 0.25) is 0 Å². The van der Waals surface area contributed by atoms with Crippen LogP contribution < -0.4 is 0 Å². The number of nitrogens with zero attached hydrogens (tertiary/aromatic N) is 1. The average molecular weight is 492 g/mol. The SMILES string of the molecule is Cc1ccc(-c2c(C)c3c(c(C)c2[C@H](OC(C)(C)C)C(=O)O)CCN(CCC2CCCCC2)C3)cc1. The topological polar surface area (TPSA) is 49.8 Å². The number of aryl methyl sites for hydroxylation is 1. The summed E-state index contributed by atoms with van der Waals surface area (Å²) in [7, 11) is 0. The van der Waals surface area contributed by atoms with Crippen LogP contribution in [0.25, 0.3) is 11.1 Å². The van der Waals surface area contributed by atoms with Gasteiger partial charge in [0, 0.05) is 18.7 Å². The van der Waals surface area contributed by atoms with Gasteiger partial charge in [0.15, 0.2) is 6.10 Å². The van der Waals surface area contributed by atoms with E-state index in [1.165, 1.54) is 60.8 Å². The average Bonchev–Trinajstić information content (AvgIpc) is 2.84. The minimum atomic E-state index is -1.00. The van der Waals surface area contributed by atoms with Gasteiger partial charge in [-0.15, -0.1) is 0 Å². The molecule has 0 aromatic heterocycles. The molecule has 0 saturated heterocycles. The molecular formula is C32H45NO3. The minimum Gasteiger partial charge on any atom is -0.479 e. The molecule has 36 heavy (non-hydrogen) atoms. The first-order valence-corrected chi connectivity index (χ1v) is 13.9. The van der Waals surface area contributed by atoms with Crippen LogP contribution in [-0.4, -0.2) is 34.7 Å². The second-order valence-corrected chi connectivity index (χ2v) is 12.1. The lowest BCUT2D eigenvalue weighted by molar-refractivity contribution is -0.160. The van der Waals surface area contributed by atoms with Crippen LogP contribution in [0.2, 0.25) is 0 Å². The summed E-state index contributed by atoms with van der Waals surface area (Å²) in [5.74, 6) is -0.0370. The molecule has 1 N–H and O–H groups in total. The van der Waals surface area contributed by atoms with Gasteiger partial charge in [-0.05, 0) is 100 Å². The zero-order chi connectivity index (χ0) is 26.0. The number of hydrogen-bond acceptors (Lipinski definition) is 3. The van der Waals surface area contributed by atoms with Crippen molar-refractivity contribution in [2.45, 2.75) is 105 Å². The van der Waals surface area contributed by atoms with Gasteiger partial charge in [0.25, 0.3) is 0 Å². The van der Waals surface area contributed by atoms with E-state index < -0.39 is 17.7 Å². The van der Waals surface area contributed by atoms with Crippen molar-refractivity contribution < 1.29 is 14.6 Å². The molecule has 4 rings (SSSR count). The highest BCUT2D eigenvalue weighted by atomic mass is 16.5. The van der Waals surface area contributed by atoms with Crippen LogP contribution in [-0.2, 0) is 22.5 Å². The standard InChI is InChI=1S/C32H45NO3/c1-21-12-14-25(15-13-21)28-23(3)27-20-33(18-16-24-10-8-7-9-11-24)19-17-26(27)22(2)29(28)30(31(34)35)36-32(4,5)6/h12-15,24,30H,7-11,16-20H2,1-6H3,(H,34,35)/t30-/m0/s1. The zero-order valence-electron chi connectivity index (χ0n) is 23.2. The summed E-state index contributed by atoms with van der Waals surface area (Å²) in [6.07, 6.45) is 8.27. The molecule has 0 bridgehead atoms. The summed E-state index contributed by atoms with van der Waals surface area (Å²) in [5.41, 5.74) is 8.59. The lowest BCUT2D eigenvalue weighted by Gasteiger charge is -2.36. The van der Waals surface area contributed by atoms with Crippen molar-refractivity contribution in [2.24, 2.45) is 5.92 Å². The molecule has 196 valence electrons. The van der Waals surface area contributed by atoms with Crippen molar-refractivity contribution >= 4 is 5.97 Å². The fourth-order valence-corrected chi connectivity index (χ4v) is 6.32. The lowest BCUT2D eigenvalue weighted by Crippen LogP contribution is -2.34. The van der Waals surface area contributed by atoms with Gasteiger partial charge in [-0.2, -0.15) is 0 Å². The van der Waals surface area contributed by atoms with Gasteiger partial charge in [0.1, 0.15) is 0 Å². The predicted molar refractivity (Wildman–Crippen MR) is 147 cm³/mol. The maximum Gasteiger partial charge on any atom is 0.337 e. The number of aliphatic carboxylic acids is 1. The highest BCUT2D eigenvalue weighted by molar-refractivity contribution is 5.84. The summed E-state index contributed by atoms with van der Waals surface area (Å²) >= 11 is 0. The Bertz CT molecular complexity index is 1070. The third-order valence-corrected chi connectivity index (χ3v) is 8.25. The Morgan fingerprint density at radius 2 is 1.69 bits per heavy atom.